The van der Waals surface area contributed by atoms with Crippen LogP contribution in [-0.4, -0.2) is 19.7 Å². The van der Waals surface area contributed by atoms with Crippen LogP contribution in [0.2, 0.25) is 0 Å². The molecule has 1 aromatic carbocycles. The van der Waals surface area contributed by atoms with E-state index in [0.717, 1.165) is 18.7 Å². The van der Waals surface area contributed by atoms with E-state index in [1.165, 1.54) is 42.4 Å². The third-order valence-corrected chi connectivity index (χ3v) is 3.94. The smallest absolute Gasteiger partial charge is 0.122 e. The summed E-state index contributed by atoms with van der Waals surface area (Å²) >= 11 is 0. The van der Waals surface area contributed by atoms with Gasteiger partial charge in [-0.05, 0) is 68.8 Å². The Morgan fingerprint density at radius 2 is 1.80 bits per heavy atom. The van der Waals surface area contributed by atoms with E-state index < -0.39 is 0 Å². The van der Waals surface area contributed by atoms with Crippen molar-refractivity contribution in [3.8, 4) is 5.75 Å². The second-order valence-electron chi connectivity index (χ2n) is 5.73. The first-order valence-electron chi connectivity index (χ1n) is 7.99. The summed E-state index contributed by atoms with van der Waals surface area (Å²) in [5.41, 5.74) is 4.04. The predicted molar refractivity (Wildman–Crippen MR) is 87.8 cm³/mol. The number of nitrogens with one attached hydrogen (secondary N) is 1. The standard InChI is InChI=1S/C18H31NO/c1-6-8-17(19-11-7-2)10-9-16-12-15(4)18(20-5)13-14(16)3/h12-13,17,19H,6-11H2,1-5H3. The van der Waals surface area contributed by atoms with Crippen LogP contribution in [0.25, 0.3) is 0 Å². The Hall–Kier alpha value is -1.02. The van der Waals surface area contributed by atoms with Crippen molar-refractivity contribution in [3.05, 3.63) is 28.8 Å². The molecule has 0 aliphatic carbocycles. The van der Waals surface area contributed by atoms with Gasteiger partial charge in [0, 0.05) is 6.04 Å². The normalized spacial score (nSPS) is 12.4. The van der Waals surface area contributed by atoms with Gasteiger partial charge >= 0.3 is 0 Å². The van der Waals surface area contributed by atoms with Gasteiger partial charge in [-0.3, -0.25) is 0 Å². The van der Waals surface area contributed by atoms with Crippen molar-refractivity contribution >= 4 is 0 Å². The first-order valence-corrected chi connectivity index (χ1v) is 7.99. The second-order valence-corrected chi connectivity index (χ2v) is 5.73. The zero-order valence-corrected chi connectivity index (χ0v) is 13.9. The highest BCUT2D eigenvalue weighted by Gasteiger charge is 2.09. The van der Waals surface area contributed by atoms with E-state index in [1.807, 2.05) is 0 Å². The minimum Gasteiger partial charge on any atom is -0.496 e. The number of rotatable bonds is 9. The molecular formula is C18H31NO. The molecule has 1 atom stereocenters. The Balaban J connectivity index is 2.65. The van der Waals surface area contributed by atoms with Crippen LogP contribution in [0.4, 0.5) is 0 Å². The van der Waals surface area contributed by atoms with Crippen molar-refractivity contribution in [2.75, 3.05) is 13.7 Å². The lowest BCUT2D eigenvalue weighted by molar-refractivity contribution is 0.411. The van der Waals surface area contributed by atoms with E-state index in [4.69, 9.17) is 4.74 Å². The van der Waals surface area contributed by atoms with Crippen LogP contribution in [0.15, 0.2) is 12.1 Å². The van der Waals surface area contributed by atoms with Gasteiger partial charge in [-0.15, -0.1) is 0 Å². The summed E-state index contributed by atoms with van der Waals surface area (Å²) in [5, 5.41) is 3.67. The zero-order valence-electron chi connectivity index (χ0n) is 13.9. The second kappa shape index (κ2) is 9.02. The maximum absolute atomic E-state index is 5.39. The lowest BCUT2D eigenvalue weighted by atomic mass is 9.97. The number of hydrogen-bond acceptors (Lipinski definition) is 2. The lowest BCUT2D eigenvalue weighted by Crippen LogP contribution is -2.30. The molecule has 2 heteroatoms. The third kappa shape index (κ3) is 5.16. The van der Waals surface area contributed by atoms with Gasteiger partial charge in [-0.25, -0.2) is 0 Å². The number of hydrogen-bond donors (Lipinski definition) is 1. The molecule has 0 heterocycles. The fourth-order valence-corrected chi connectivity index (χ4v) is 2.71. The molecular weight excluding hydrogens is 246 g/mol. The minimum absolute atomic E-state index is 0.654. The molecule has 0 aliphatic rings. The van der Waals surface area contributed by atoms with Crippen LogP contribution in [0.5, 0.6) is 5.75 Å². The van der Waals surface area contributed by atoms with E-state index in [2.05, 4.69) is 45.1 Å². The highest BCUT2D eigenvalue weighted by atomic mass is 16.5. The van der Waals surface area contributed by atoms with Gasteiger partial charge in [0.1, 0.15) is 5.75 Å². The summed E-state index contributed by atoms with van der Waals surface area (Å²) in [6, 6.07) is 5.11. The maximum Gasteiger partial charge on any atom is 0.122 e. The average Bonchev–Trinajstić information content (AvgIpc) is 2.44. The van der Waals surface area contributed by atoms with Gasteiger partial charge in [0.05, 0.1) is 7.11 Å². The van der Waals surface area contributed by atoms with E-state index in [0.29, 0.717) is 6.04 Å². The monoisotopic (exact) mass is 277 g/mol. The number of benzene rings is 1. The van der Waals surface area contributed by atoms with Crippen LogP contribution in [0, 0.1) is 13.8 Å². The molecule has 0 bridgehead atoms. The Labute approximate surface area is 124 Å². The van der Waals surface area contributed by atoms with Gasteiger partial charge in [0.25, 0.3) is 0 Å². The summed E-state index contributed by atoms with van der Waals surface area (Å²) in [4.78, 5) is 0. The highest BCUT2D eigenvalue weighted by molar-refractivity contribution is 5.41. The SMILES string of the molecule is CCCNC(CCC)CCc1cc(C)c(OC)cc1C. The third-order valence-electron chi connectivity index (χ3n) is 3.94. The Bertz CT molecular complexity index is 401. The van der Waals surface area contributed by atoms with Crippen molar-refractivity contribution < 1.29 is 4.74 Å². The van der Waals surface area contributed by atoms with Gasteiger partial charge in [-0.1, -0.05) is 26.3 Å². The van der Waals surface area contributed by atoms with Gasteiger partial charge in [0.15, 0.2) is 0 Å². The van der Waals surface area contributed by atoms with E-state index in [9.17, 15) is 0 Å². The van der Waals surface area contributed by atoms with E-state index >= 15 is 0 Å². The van der Waals surface area contributed by atoms with Crippen LogP contribution in [-0.2, 0) is 6.42 Å². The first-order chi connectivity index (χ1) is 9.62. The topological polar surface area (TPSA) is 21.3 Å². The van der Waals surface area contributed by atoms with Crippen LogP contribution in [0.1, 0.15) is 56.2 Å². The summed E-state index contributed by atoms with van der Waals surface area (Å²) in [5.74, 6) is 1.00. The summed E-state index contributed by atoms with van der Waals surface area (Å²) in [6.07, 6.45) is 6.11. The Kier molecular flexibility index (Phi) is 7.68. The molecule has 0 amide bonds. The molecule has 20 heavy (non-hydrogen) atoms. The predicted octanol–water partition coefficient (Wildman–Crippen LogP) is 4.41. The molecule has 0 saturated heterocycles. The molecule has 1 unspecified atom stereocenters. The quantitative estimate of drug-likeness (QED) is 0.722. The largest absolute Gasteiger partial charge is 0.496 e. The van der Waals surface area contributed by atoms with Crippen molar-refractivity contribution in [2.24, 2.45) is 0 Å². The Morgan fingerprint density at radius 3 is 2.40 bits per heavy atom. The molecule has 2 nitrogen and oxygen atoms in total. The number of aryl methyl sites for hydroxylation is 3. The molecule has 1 rings (SSSR count). The summed E-state index contributed by atoms with van der Waals surface area (Å²) < 4.78 is 5.39. The highest BCUT2D eigenvalue weighted by Crippen LogP contribution is 2.23. The molecule has 0 saturated carbocycles. The van der Waals surface area contributed by atoms with E-state index in [1.54, 1.807) is 7.11 Å². The van der Waals surface area contributed by atoms with Crippen LogP contribution in [0.3, 0.4) is 0 Å². The van der Waals surface area contributed by atoms with Crippen molar-refractivity contribution in [2.45, 2.75) is 65.8 Å². The number of ether oxygens (including phenoxy) is 1. The van der Waals surface area contributed by atoms with Crippen molar-refractivity contribution in [3.63, 3.8) is 0 Å². The minimum atomic E-state index is 0.654. The molecule has 0 radical (unpaired) electrons. The van der Waals surface area contributed by atoms with Gasteiger partial charge in [-0.2, -0.15) is 0 Å². The summed E-state index contributed by atoms with van der Waals surface area (Å²) in [6.45, 7) is 9.94. The van der Waals surface area contributed by atoms with Crippen LogP contribution >= 0.6 is 0 Å². The van der Waals surface area contributed by atoms with Crippen molar-refractivity contribution in [1.82, 2.24) is 5.32 Å². The zero-order chi connectivity index (χ0) is 15.0. The van der Waals surface area contributed by atoms with Gasteiger partial charge in [0.2, 0.25) is 0 Å². The van der Waals surface area contributed by atoms with E-state index in [-0.39, 0.29) is 0 Å². The summed E-state index contributed by atoms with van der Waals surface area (Å²) in [7, 11) is 1.74. The molecule has 1 N–H and O–H groups in total. The molecule has 0 fully saturated rings. The molecule has 0 aromatic heterocycles. The van der Waals surface area contributed by atoms with Crippen LogP contribution < -0.4 is 10.1 Å². The molecule has 1 aromatic rings. The van der Waals surface area contributed by atoms with Crippen molar-refractivity contribution in [1.29, 1.82) is 0 Å². The molecule has 114 valence electrons. The lowest BCUT2D eigenvalue weighted by Gasteiger charge is -2.19. The fourth-order valence-electron chi connectivity index (χ4n) is 2.71. The Morgan fingerprint density at radius 1 is 1.05 bits per heavy atom. The maximum atomic E-state index is 5.39. The fraction of sp³-hybridized carbons (Fsp3) is 0.667. The number of methoxy groups -OCH3 is 1. The first kappa shape index (κ1) is 17.0. The molecule has 0 aliphatic heterocycles. The van der Waals surface area contributed by atoms with Gasteiger partial charge < -0.3 is 10.1 Å². The average molecular weight is 277 g/mol. The molecule has 0 spiro atoms.